The summed E-state index contributed by atoms with van der Waals surface area (Å²) in [4.78, 5) is 14.7. The van der Waals surface area contributed by atoms with Crippen molar-refractivity contribution in [2.24, 2.45) is 0 Å². The van der Waals surface area contributed by atoms with Gasteiger partial charge in [-0.3, -0.25) is 10.2 Å². The van der Waals surface area contributed by atoms with E-state index in [0.29, 0.717) is 11.3 Å². The van der Waals surface area contributed by atoms with Gasteiger partial charge in [0.15, 0.2) is 11.5 Å². The number of rotatable bonds is 5. The molecule has 162 valence electrons. The van der Waals surface area contributed by atoms with Gasteiger partial charge < -0.3 is 9.84 Å². The first-order valence-corrected chi connectivity index (χ1v) is 10.5. The second kappa shape index (κ2) is 9.12. The molecule has 0 spiro atoms. The van der Waals surface area contributed by atoms with Crippen molar-refractivity contribution in [2.45, 2.75) is 13.0 Å². The van der Waals surface area contributed by atoms with Crippen molar-refractivity contribution in [3.05, 3.63) is 102 Å². The normalized spacial score (nSPS) is 12.0. The summed E-state index contributed by atoms with van der Waals surface area (Å²) in [6.45, 7) is 1.91. The number of phenolic OH excluding ortho intramolecular Hbond substituents is 1. The third-order valence-corrected chi connectivity index (χ3v) is 5.52. The highest BCUT2D eigenvalue weighted by molar-refractivity contribution is 5.93. The predicted octanol–water partition coefficient (Wildman–Crippen LogP) is 6.12. The molecule has 0 fully saturated rings. The standard InChI is InChI=1S/C27H26N2O3/c1-18-11-7-10-16-22(18)28-27(31)32-23-17-20-14-8-9-15-21(20)24(26(23)30)25(29(2)3)19-12-5-4-6-13-19/h4-17,25,30H,1-3H3,(H,28,31). The zero-order valence-electron chi connectivity index (χ0n) is 18.4. The summed E-state index contributed by atoms with van der Waals surface area (Å²) < 4.78 is 5.60. The number of phenols is 1. The summed E-state index contributed by atoms with van der Waals surface area (Å²) in [5.74, 6) is 0.0683. The fraction of sp³-hybridized carbons (Fsp3) is 0.148. The minimum atomic E-state index is -0.656. The van der Waals surface area contributed by atoms with E-state index in [2.05, 4.69) is 5.32 Å². The third kappa shape index (κ3) is 4.29. The van der Waals surface area contributed by atoms with Gasteiger partial charge in [0.05, 0.1) is 6.04 Å². The van der Waals surface area contributed by atoms with E-state index in [0.717, 1.165) is 21.9 Å². The molecule has 1 amide bonds. The van der Waals surface area contributed by atoms with E-state index in [-0.39, 0.29) is 17.5 Å². The first-order valence-electron chi connectivity index (χ1n) is 10.5. The average Bonchev–Trinajstić information content (AvgIpc) is 2.78. The first-order chi connectivity index (χ1) is 15.5. The van der Waals surface area contributed by atoms with Gasteiger partial charge in [0.1, 0.15) is 0 Å². The molecule has 0 saturated heterocycles. The lowest BCUT2D eigenvalue weighted by Crippen LogP contribution is -2.22. The maximum Gasteiger partial charge on any atom is 0.417 e. The highest BCUT2D eigenvalue weighted by atomic mass is 16.6. The van der Waals surface area contributed by atoms with E-state index in [4.69, 9.17) is 4.74 Å². The number of para-hydroxylation sites is 1. The molecule has 4 rings (SSSR count). The number of anilines is 1. The van der Waals surface area contributed by atoms with Gasteiger partial charge in [-0.15, -0.1) is 0 Å². The molecule has 4 aromatic rings. The summed E-state index contributed by atoms with van der Waals surface area (Å²) in [6, 6.07) is 26.7. The van der Waals surface area contributed by atoms with Crippen molar-refractivity contribution >= 4 is 22.6 Å². The number of hydrogen-bond donors (Lipinski definition) is 2. The fourth-order valence-corrected chi connectivity index (χ4v) is 4.00. The number of nitrogens with zero attached hydrogens (tertiary/aromatic N) is 1. The van der Waals surface area contributed by atoms with Crippen molar-refractivity contribution in [3.63, 3.8) is 0 Å². The quantitative estimate of drug-likeness (QED) is 0.404. The largest absolute Gasteiger partial charge is 0.504 e. The number of aromatic hydroxyl groups is 1. The van der Waals surface area contributed by atoms with Crippen LogP contribution < -0.4 is 10.1 Å². The Morgan fingerprint density at radius 3 is 2.31 bits per heavy atom. The monoisotopic (exact) mass is 426 g/mol. The summed E-state index contributed by atoms with van der Waals surface area (Å²) in [5, 5.41) is 15.8. The lowest BCUT2D eigenvalue weighted by molar-refractivity contribution is 0.213. The molecule has 4 aromatic carbocycles. The molecule has 0 aliphatic carbocycles. The van der Waals surface area contributed by atoms with Crippen LogP contribution in [0.5, 0.6) is 11.5 Å². The van der Waals surface area contributed by atoms with E-state index in [1.165, 1.54) is 0 Å². The molecular weight excluding hydrogens is 400 g/mol. The lowest BCUT2D eigenvalue weighted by atomic mass is 9.91. The molecule has 0 bridgehead atoms. The molecule has 5 heteroatoms. The molecule has 0 aliphatic heterocycles. The number of nitrogens with one attached hydrogen (secondary N) is 1. The Hall–Kier alpha value is -3.83. The van der Waals surface area contributed by atoms with Crippen LogP contribution in [0.2, 0.25) is 0 Å². The van der Waals surface area contributed by atoms with Crippen molar-refractivity contribution < 1.29 is 14.6 Å². The van der Waals surface area contributed by atoms with Crippen molar-refractivity contribution in [2.75, 3.05) is 19.4 Å². The number of fused-ring (bicyclic) bond motifs is 1. The molecule has 2 N–H and O–H groups in total. The topological polar surface area (TPSA) is 61.8 Å². The van der Waals surface area contributed by atoms with Gasteiger partial charge in [-0.2, -0.15) is 0 Å². The second-order valence-electron chi connectivity index (χ2n) is 7.96. The molecule has 32 heavy (non-hydrogen) atoms. The maximum atomic E-state index is 12.7. The zero-order valence-corrected chi connectivity index (χ0v) is 18.4. The highest BCUT2D eigenvalue weighted by Gasteiger charge is 2.26. The number of carbonyl (C=O) groups excluding carboxylic acids is 1. The summed E-state index contributed by atoms with van der Waals surface area (Å²) in [7, 11) is 3.93. The molecule has 5 nitrogen and oxygen atoms in total. The predicted molar refractivity (Wildman–Crippen MR) is 128 cm³/mol. The van der Waals surface area contributed by atoms with Gasteiger partial charge in [-0.25, -0.2) is 4.79 Å². The summed E-state index contributed by atoms with van der Waals surface area (Å²) in [6.07, 6.45) is -0.656. The highest BCUT2D eigenvalue weighted by Crippen LogP contribution is 2.44. The van der Waals surface area contributed by atoms with Gasteiger partial charge in [0, 0.05) is 11.3 Å². The van der Waals surface area contributed by atoms with Gasteiger partial charge in [0.25, 0.3) is 0 Å². The Kier molecular flexibility index (Phi) is 6.10. The molecule has 0 aromatic heterocycles. The van der Waals surface area contributed by atoms with E-state index < -0.39 is 6.09 Å². The van der Waals surface area contributed by atoms with Gasteiger partial charge in [0.2, 0.25) is 0 Å². The molecule has 0 aliphatic rings. The Labute approximate surface area is 187 Å². The average molecular weight is 427 g/mol. The third-order valence-electron chi connectivity index (χ3n) is 5.52. The van der Waals surface area contributed by atoms with Crippen LogP contribution in [0, 0.1) is 6.92 Å². The Morgan fingerprint density at radius 1 is 0.938 bits per heavy atom. The van der Waals surface area contributed by atoms with E-state index >= 15 is 0 Å². The van der Waals surface area contributed by atoms with Crippen LogP contribution in [0.3, 0.4) is 0 Å². The van der Waals surface area contributed by atoms with E-state index in [9.17, 15) is 9.90 Å². The van der Waals surface area contributed by atoms with Gasteiger partial charge in [-0.1, -0.05) is 72.8 Å². The molecular formula is C27H26N2O3. The number of hydrogen-bond acceptors (Lipinski definition) is 4. The minimum Gasteiger partial charge on any atom is -0.504 e. The molecule has 0 radical (unpaired) electrons. The van der Waals surface area contributed by atoms with Gasteiger partial charge >= 0.3 is 6.09 Å². The van der Waals surface area contributed by atoms with Crippen molar-refractivity contribution in [1.82, 2.24) is 4.90 Å². The second-order valence-corrected chi connectivity index (χ2v) is 7.96. The fourth-order valence-electron chi connectivity index (χ4n) is 4.00. The molecule has 1 unspecified atom stereocenters. The summed E-state index contributed by atoms with van der Waals surface area (Å²) >= 11 is 0. The summed E-state index contributed by atoms with van der Waals surface area (Å²) in [5.41, 5.74) is 3.30. The van der Waals surface area contributed by atoms with Crippen LogP contribution in [0.15, 0.2) is 84.9 Å². The zero-order chi connectivity index (χ0) is 22.7. The molecule has 1 atom stereocenters. The van der Waals surface area contributed by atoms with Crippen LogP contribution in [-0.4, -0.2) is 30.2 Å². The van der Waals surface area contributed by atoms with Crippen molar-refractivity contribution in [3.8, 4) is 11.5 Å². The number of amides is 1. The number of ether oxygens (including phenoxy) is 1. The number of carbonyl (C=O) groups is 1. The van der Waals surface area contributed by atoms with Crippen LogP contribution >= 0.6 is 0 Å². The van der Waals surface area contributed by atoms with Crippen LogP contribution in [0.4, 0.5) is 10.5 Å². The smallest absolute Gasteiger partial charge is 0.417 e. The lowest BCUT2D eigenvalue weighted by Gasteiger charge is -2.28. The molecule has 0 heterocycles. The van der Waals surface area contributed by atoms with Crippen molar-refractivity contribution in [1.29, 1.82) is 0 Å². The van der Waals surface area contributed by atoms with Crippen LogP contribution in [0.1, 0.15) is 22.7 Å². The Bertz CT molecular complexity index is 1250. The van der Waals surface area contributed by atoms with E-state index in [1.807, 2.05) is 98.7 Å². The van der Waals surface area contributed by atoms with Crippen LogP contribution in [0.25, 0.3) is 10.8 Å². The maximum absolute atomic E-state index is 12.7. The van der Waals surface area contributed by atoms with Gasteiger partial charge in [-0.05, 0) is 55.1 Å². The minimum absolute atomic E-state index is 0.0498. The van der Waals surface area contributed by atoms with E-state index in [1.54, 1.807) is 12.1 Å². The van der Waals surface area contributed by atoms with Crippen LogP contribution in [-0.2, 0) is 0 Å². The molecule has 0 saturated carbocycles. The Morgan fingerprint density at radius 2 is 1.59 bits per heavy atom. The SMILES string of the molecule is Cc1ccccc1NC(=O)Oc1cc2ccccc2c(C(c2ccccc2)N(C)C)c1O. The first kappa shape index (κ1) is 21.4. The number of aryl methyl sites for hydroxylation is 1. The number of benzene rings is 4. The Balaban J connectivity index is 1.79.